The fourth-order valence-electron chi connectivity index (χ4n) is 1.53. The van der Waals surface area contributed by atoms with Crippen LogP contribution in [0.3, 0.4) is 0 Å². The Balaban J connectivity index is 1.79. The highest BCUT2D eigenvalue weighted by atomic mass is 32.1. The van der Waals surface area contributed by atoms with Gasteiger partial charge >= 0.3 is 12.0 Å². The molecule has 0 bridgehead atoms. The molecule has 0 saturated heterocycles. The summed E-state index contributed by atoms with van der Waals surface area (Å²) in [5.41, 5.74) is 3.00. The first-order valence-electron chi connectivity index (χ1n) is 5.04. The Morgan fingerprint density at radius 2 is 2.29 bits per heavy atom. The van der Waals surface area contributed by atoms with E-state index in [0.29, 0.717) is 5.13 Å². The molecule has 1 aliphatic carbocycles. The Labute approximate surface area is 101 Å². The predicted octanol–water partition coefficient (Wildman–Crippen LogP) is 0.770. The molecule has 92 valence electrons. The van der Waals surface area contributed by atoms with E-state index in [1.807, 2.05) is 5.48 Å². The van der Waals surface area contributed by atoms with Gasteiger partial charge in [0, 0.05) is 4.88 Å². The molecule has 17 heavy (non-hydrogen) atoms. The summed E-state index contributed by atoms with van der Waals surface area (Å²) in [6.07, 6.45) is 3.07. The Kier molecular flexibility index (Phi) is 3.55. The van der Waals surface area contributed by atoms with Gasteiger partial charge in [-0.15, -0.1) is 11.3 Å². The third-order valence-corrected chi connectivity index (χ3v) is 3.25. The van der Waals surface area contributed by atoms with Gasteiger partial charge in [0.25, 0.3) is 0 Å². The number of fused-ring (bicyclic) bond motifs is 1. The van der Waals surface area contributed by atoms with Crippen molar-refractivity contribution in [2.45, 2.75) is 19.3 Å². The summed E-state index contributed by atoms with van der Waals surface area (Å²) >= 11 is 1.44. The summed E-state index contributed by atoms with van der Waals surface area (Å²) < 4.78 is 0. The number of hydrogen-bond acceptors (Lipinski definition) is 5. The van der Waals surface area contributed by atoms with Crippen LogP contribution in [0.5, 0.6) is 0 Å². The normalized spacial score (nSPS) is 13.2. The van der Waals surface area contributed by atoms with Crippen LogP contribution in [0, 0.1) is 0 Å². The number of aromatic nitrogens is 1. The van der Waals surface area contributed by atoms with E-state index in [1.54, 1.807) is 0 Å². The summed E-state index contributed by atoms with van der Waals surface area (Å²) in [5, 5.41) is 11.3. The minimum absolute atomic E-state index is 0.506. The second kappa shape index (κ2) is 5.11. The van der Waals surface area contributed by atoms with E-state index in [2.05, 4.69) is 15.1 Å². The highest BCUT2D eigenvalue weighted by Crippen LogP contribution is 2.30. The van der Waals surface area contributed by atoms with Crippen LogP contribution in [0.15, 0.2) is 0 Å². The second-order valence-corrected chi connectivity index (χ2v) is 4.56. The van der Waals surface area contributed by atoms with E-state index in [-0.39, 0.29) is 0 Å². The lowest BCUT2D eigenvalue weighted by atomic mass is 10.4. The molecule has 1 aromatic rings. The van der Waals surface area contributed by atoms with Gasteiger partial charge in [-0.2, -0.15) is 0 Å². The minimum Gasteiger partial charge on any atom is -0.479 e. The van der Waals surface area contributed by atoms with E-state index in [9.17, 15) is 9.59 Å². The fraction of sp³-hybridized carbons (Fsp3) is 0.444. The Morgan fingerprint density at radius 1 is 1.47 bits per heavy atom. The van der Waals surface area contributed by atoms with Crippen molar-refractivity contribution in [2.24, 2.45) is 0 Å². The lowest BCUT2D eigenvalue weighted by Gasteiger charge is -2.03. The molecule has 0 unspecified atom stereocenters. The average Bonchev–Trinajstić information content (AvgIpc) is 2.76. The zero-order chi connectivity index (χ0) is 12.3. The zero-order valence-electron chi connectivity index (χ0n) is 8.86. The highest BCUT2D eigenvalue weighted by molar-refractivity contribution is 7.15. The SMILES string of the molecule is O=C(O)CONC(=O)Nc1nc2c(s1)CCC2. The predicted molar refractivity (Wildman–Crippen MR) is 59.9 cm³/mol. The molecule has 0 aliphatic heterocycles. The van der Waals surface area contributed by atoms with E-state index >= 15 is 0 Å². The Morgan fingerprint density at radius 3 is 3.00 bits per heavy atom. The van der Waals surface area contributed by atoms with Crippen LogP contribution in [-0.2, 0) is 22.5 Å². The first-order chi connectivity index (χ1) is 8.15. The van der Waals surface area contributed by atoms with Gasteiger partial charge in [0.05, 0.1) is 5.69 Å². The van der Waals surface area contributed by atoms with Crippen molar-refractivity contribution in [1.82, 2.24) is 10.5 Å². The summed E-state index contributed by atoms with van der Waals surface area (Å²) in [6.45, 7) is -0.582. The first-order valence-corrected chi connectivity index (χ1v) is 5.86. The molecule has 3 N–H and O–H groups in total. The van der Waals surface area contributed by atoms with Crippen molar-refractivity contribution in [3.8, 4) is 0 Å². The molecule has 1 aromatic heterocycles. The fourth-order valence-corrected chi connectivity index (χ4v) is 2.57. The maximum atomic E-state index is 11.2. The lowest BCUT2D eigenvalue weighted by molar-refractivity contribution is -0.143. The third kappa shape index (κ3) is 3.14. The summed E-state index contributed by atoms with van der Waals surface area (Å²) in [7, 11) is 0. The van der Waals surface area contributed by atoms with Crippen LogP contribution < -0.4 is 10.8 Å². The van der Waals surface area contributed by atoms with Crippen LogP contribution >= 0.6 is 11.3 Å². The quantitative estimate of drug-likeness (QED) is 0.692. The number of rotatable bonds is 4. The Hall–Kier alpha value is -1.67. The van der Waals surface area contributed by atoms with E-state index in [0.717, 1.165) is 25.0 Å². The molecule has 0 radical (unpaired) electrons. The second-order valence-electron chi connectivity index (χ2n) is 3.48. The largest absolute Gasteiger partial charge is 0.479 e. The number of carbonyl (C=O) groups excluding carboxylic acids is 1. The molecular formula is C9H11N3O4S. The van der Waals surface area contributed by atoms with Gasteiger partial charge in [0.2, 0.25) is 0 Å². The van der Waals surface area contributed by atoms with Crippen molar-refractivity contribution >= 4 is 28.5 Å². The number of thiazole rings is 1. The number of urea groups is 1. The van der Waals surface area contributed by atoms with Crippen molar-refractivity contribution < 1.29 is 19.5 Å². The molecule has 0 spiro atoms. The van der Waals surface area contributed by atoms with Gasteiger partial charge in [-0.3, -0.25) is 10.2 Å². The number of nitrogens with one attached hydrogen (secondary N) is 2. The highest BCUT2D eigenvalue weighted by Gasteiger charge is 2.17. The molecule has 0 aromatic carbocycles. The smallest absolute Gasteiger partial charge is 0.344 e. The number of carboxylic acid groups (broad SMARTS) is 1. The summed E-state index contributed by atoms with van der Waals surface area (Å²) in [4.78, 5) is 31.2. The van der Waals surface area contributed by atoms with Gasteiger partial charge in [0.1, 0.15) is 0 Å². The number of nitrogens with zero attached hydrogens (tertiary/aromatic N) is 1. The Bertz CT molecular complexity index is 424. The van der Waals surface area contributed by atoms with Crippen LogP contribution in [0.25, 0.3) is 0 Å². The van der Waals surface area contributed by atoms with Crippen molar-refractivity contribution in [1.29, 1.82) is 0 Å². The number of carbonyl (C=O) groups is 2. The van der Waals surface area contributed by atoms with Gasteiger partial charge < -0.3 is 5.11 Å². The number of hydrogen-bond donors (Lipinski definition) is 3. The number of aliphatic carboxylic acids is 1. The average molecular weight is 257 g/mol. The molecule has 1 aliphatic rings. The maximum Gasteiger partial charge on any atom is 0.344 e. The number of carboxylic acids is 1. The standard InChI is InChI=1S/C9H11N3O4S/c13-7(14)4-16-12-8(15)11-9-10-5-2-1-3-6(5)17-9/h1-4H2,(H,13,14)(H2,10,11,12,15). The molecule has 0 atom stereocenters. The third-order valence-electron chi connectivity index (χ3n) is 2.18. The van der Waals surface area contributed by atoms with Crippen LogP contribution in [-0.4, -0.2) is 28.7 Å². The van der Waals surface area contributed by atoms with E-state index in [4.69, 9.17) is 5.11 Å². The van der Waals surface area contributed by atoms with E-state index in [1.165, 1.54) is 16.2 Å². The molecule has 2 rings (SSSR count). The zero-order valence-corrected chi connectivity index (χ0v) is 9.67. The van der Waals surface area contributed by atoms with Crippen LogP contribution in [0.2, 0.25) is 0 Å². The van der Waals surface area contributed by atoms with Gasteiger partial charge in [-0.25, -0.2) is 20.1 Å². The summed E-state index contributed by atoms with van der Waals surface area (Å²) in [6, 6.07) is -0.626. The lowest BCUT2D eigenvalue weighted by Crippen LogP contribution is -2.30. The van der Waals surface area contributed by atoms with Crippen molar-refractivity contribution in [3.63, 3.8) is 0 Å². The molecule has 7 nitrogen and oxygen atoms in total. The molecule has 8 heteroatoms. The number of anilines is 1. The minimum atomic E-state index is -1.15. The molecule has 1 heterocycles. The topological polar surface area (TPSA) is 101 Å². The monoisotopic (exact) mass is 257 g/mol. The molecule has 0 fully saturated rings. The molecule has 0 saturated carbocycles. The van der Waals surface area contributed by atoms with Gasteiger partial charge in [-0.05, 0) is 19.3 Å². The maximum absolute atomic E-state index is 11.2. The molecular weight excluding hydrogens is 246 g/mol. The molecule has 2 amide bonds. The van der Waals surface area contributed by atoms with Crippen molar-refractivity contribution in [2.75, 3.05) is 11.9 Å². The van der Waals surface area contributed by atoms with Crippen LogP contribution in [0.4, 0.5) is 9.93 Å². The number of aryl methyl sites for hydroxylation is 2. The number of amides is 2. The van der Waals surface area contributed by atoms with E-state index < -0.39 is 18.6 Å². The van der Waals surface area contributed by atoms with Crippen LogP contribution in [0.1, 0.15) is 17.0 Å². The van der Waals surface area contributed by atoms with Gasteiger partial charge in [0.15, 0.2) is 11.7 Å². The van der Waals surface area contributed by atoms with Crippen molar-refractivity contribution in [3.05, 3.63) is 10.6 Å². The van der Waals surface area contributed by atoms with Gasteiger partial charge in [-0.1, -0.05) is 0 Å². The number of hydroxylamine groups is 1. The summed E-state index contributed by atoms with van der Waals surface area (Å²) in [5.74, 6) is -1.15. The first kappa shape index (κ1) is 11.8.